The standard InChI is InChI=1S/C14H32N2/c1-7-8-12-16(6)13(2)10-9-11-15-14(3,4)5/h13,15H,7-12H2,1-6H3. The first-order chi connectivity index (χ1) is 7.37. The van der Waals surface area contributed by atoms with E-state index in [1.54, 1.807) is 0 Å². The van der Waals surface area contributed by atoms with Crippen LogP contribution in [0.25, 0.3) is 0 Å². The molecule has 2 heteroatoms. The summed E-state index contributed by atoms with van der Waals surface area (Å²) >= 11 is 0. The first kappa shape index (κ1) is 15.9. The minimum absolute atomic E-state index is 0.261. The quantitative estimate of drug-likeness (QED) is 0.641. The number of unbranched alkanes of at least 4 members (excludes halogenated alkanes) is 1. The molecule has 0 heterocycles. The number of rotatable bonds is 8. The molecule has 0 aliphatic heterocycles. The van der Waals surface area contributed by atoms with Crippen molar-refractivity contribution in [1.29, 1.82) is 0 Å². The van der Waals surface area contributed by atoms with Crippen molar-refractivity contribution >= 4 is 0 Å². The van der Waals surface area contributed by atoms with Gasteiger partial charge in [-0.2, -0.15) is 0 Å². The van der Waals surface area contributed by atoms with Crippen LogP contribution in [0, 0.1) is 0 Å². The van der Waals surface area contributed by atoms with E-state index in [1.807, 2.05) is 0 Å². The minimum Gasteiger partial charge on any atom is -0.312 e. The van der Waals surface area contributed by atoms with Crippen molar-refractivity contribution in [2.75, 3.05) is 20.1 Å². The molecule has 16 heavy (non-hydrogen) atoms. The third-order valence-electron chi connectivity index (χ3n) is 3.07. The summed E-state index contributed by atoms with van der Waals surface area (Å²) in [5, 5.41) is 3.54. The van der Waals surface area contributed by atoms with E-state index in [1.165, 1.54) is 32.2 Å². The highest BCUT2D eigenvalue weighted by atomic mass is 15.1. The van der Waals surface area contributed by atoms with Gasteiger partial charge in [-0.15, -0.1) is 0 Å². The van der Waals surface area contributed by atoms with Crippen LogP contribution in [-0.2, 0) is 0 Å². The van der Waals surface area contributed by atoms with Gasteiger partial charge in [0.2, 0.25) is 0 Å². The van der Waals surface area contributed by atoms with Crippen molar-refractivity contribution in [3.63, 3.8) is 0 Å². The summed E-state index contributed by atoms with van der Waals surface area (Å²) in [6, 6.07) is 0.716. The number of hydrogen-bond donors (Lipinski definition) is 1. The molecule has 0 bridgehead atoms. The number of nitrogens with zero attached hydrogens (tertiary/aromatic N) is 1. The first-order valence-corrected chi connectivity index (χ1v) is 6.82. The Morgan fingerprint density at radius 1 is 1.19 bits per heavy atom. The van der Waals surface area contributed by atoms with Crippen LogP contribution in [0.2, 0.25) is 0 Å². The van der Waals surface area contributed by atoms with Crippen molar-refractivity contribution in [2.24, 2.45) is 0 Å². The lowest BCUT2D eigenvalue weighted by Gasteiger charge is -2.25. The molecule has 1 N–H and O–H groups in total. The van der Waals surface area contributed by atoms with Gasteiger partial charge < -0.3 is 10.2 Å². The van der Waals surface area contributed by atoms with Crippen LogP contribution in [0.5, 0.6) is 0 Å². The van der Waals surface area contributed by atoms with Gasteiger partial charge in [-0.25, -0.2) is 0 Å². The van der Waals surface area contributed by atoms with Crippen molar-refractivity contribution in [3.05, 3.63) is 0 Å². The Balaban J connectivity index is 3.53. The highest BCUT2D eigenvalue weighted by Gasteiger charge is 2.10. The van der Waals surface area contributed by atoms with Crippen molar-refractivity contribution < 1.29 is 0 Å². The average molecular weight is 228 g/mol. The molecule has 98 valence electrons. The molecule has 1 atom stereocenters. The van der Waals surface area contributed by atoms with Gasteiger partial charge in [-0.05, 0) is 67.1 Å². The molecule has 0 saturated heterocycles. The van der Waals surface area contributed by atoms with Gasteiger partial charge >= 0.3 is 0 Å². The maximum Gasteiger partial charge on any atom is 0.00965 e. The maximum atomic E-state index is 3.54. The molecule has 0 aromatic rings. The van der Waals surface area contributed by atoms with Gasteiger partial charge in [-0.3, -0.25) is 0 Å². The summed E-state index contributed by atoms with van der Waals surface area (Å²) in [6.07, 6.45) is 5.18. The molecule has 1 unspecified atom stereocenters. The Morgan fingerprint density at radius 2 is 1.81 bits per heavy atom. The zero-order valence-electron chi connectivity index (χ0n) is 12.3. The van der Waals surface area contributed by atoms with Crippen LogP contribution >= 0.6 is 0 Å². The van der Waals surface area contributed by atoms with Crippen molar-refractivity contribution in [1.82, 2.24) is 10.2 Å². The lowest BCUT2D eigenvalue weighted by atomic mass is 10.1. The highest BCUT2D eigenvalue weighted by Crippen LogP contribution is 2.06. The van der Waals surface area contributed by atoms with Gasteiger partial charge in [0.05, 0.1) is 0 Å². The molecule has 0 aromatic heterocycles. The predicted octanol–water partition coefficient (Wildman–Crippen LogP) is 3.28. The van der Waals surface area contributed by atoms with Crippen LogP contribution in [0.15, 0.2) is 0 Å². The topological polar surface area (TPSA) is 15.3 Å². The van der Waals surface area contributed by atoms with E-state index in [0.29, 0.717) is 6.04 Å². The molecule has 0 amide bonds. The van der Waals surface area contributed by atoms with E-state index in [2.05, 4.69) is 51.9 Å². The summed E-state index contributed by atoms with van der Waals surface area (Å²) in [6.45, 7) is 13.6. The van der Waals surface area contributed by atoms with Gasteiger partial charge in [-0.1, -0.05) is 13.3 Å². The molecule has 0 radical (unpaired) electrons. The molecule has 0 aliphatic rings. The third kappa shape index (κ3) is 9.17. The van der Waals surface area contributed by atoms with Crippen molar-refractivity contribution in [3.8, 4) is 0 Å². The predicted molar refractivity (Wildman–Crippen MR) is 74.0 cm³/mol. The van der Waals surface area contributed by atoms with E-state index >= 15 is 0 Å². The molecule has 0 fully saturated rings. The molecule has 0 spiro atoms. The van der Waals surface area contributed by atoms with Crippen LogP contribution in [0.1, 0.15) is 60.3 Å². The average Bonchev–Trinajstić information content (AvgIpc) is 2.19. The fraction of sp³-hybridized carbons (Fsp3) is 1.00. The molecular weight excluding hydrogens is 196 g/mol. The molecule has 0 rings (SSSR count). The smallest absolute Gasteiger partial charge is 0.00965 e. The molecular formula is C14H32N2. The zero-order chi connectivity index (χ0) is 12.6. The van der Waals surface area contributed by atoms with Gasteiger partial charge in [0.25, 0.3) is 0 Å². The lowest BCUT2D eigenvalue weighted by molar-refractivity contribution is 0.237. The van der Waals surface area contributed by atoms with E-state index in [4.69, 9.17) is 0 Å². The first-order valence-electron chi connectivity index (χ1n) is 6.82. The summed E-state index contributed by atoms with van der Waals surface area (Å²) in [4.78, 5) is 2.49. The SMILES string of the molecule is CCCCN(C)C(C)CCCNC(C)(C)C. The second kappa shape index (κ2) is 8.08. The molecule has 0 aliphatic carbocycles. The Labute approximate surface area is 103 Å². The third-order valence-corrected chi connectivity index (χ3v) is 3.07. The van der Waals surface area contributed by atoms with Crippen molar-refractivity contribution in [2.45, 2.75) is 71.9 Å². The van der Waals surface area contributed by atoms with Gasteiger partial charge in [0.15, 0.2) is 0 Å². The number of hydrogen-bond acceptors (Lipinski definition) is 2. The Hall–Kier alpha value is -0.0800. The lowest BCUT2D eigenvalue weighted by Crippen LogP contribution is -2.37. The van der Waals surface area contributed by atoms with E-state index in [0.717, 1.165) is 6.54 Å². The fourth-order valence-corrected chi connectivity index (χ4v) is 1.71. The van der Waals surface area contributed by atoms with Crippen LogP contribution in [0.3, 0.4) is 0 Å². The Bertz CT molecular complexity index is 161. The fourth-order valence-electron chi connectivity index (χ4n) is 1.71. The summed E-state index contributed by atoms with van der Waals surface area (Å²) in [7, 11) is 2.25. The summed E-state index contributed by atoms with van der Waals surface area (Å²) < 4.78 is 0. The largest absolute Gasteiger partial charge is 0.312 e. The van der Waals surface area contributed by atoms with Crippen LogP contribution < -0.4 is 5.32 Å². The zero-order valence-corrected chi connectivity index (χ0v) is 12.3. The monoisotopic (exact) mass is 228 g/mol. The van der Waals surface area contributed by atoms with Gasteiger partial charge in [0, 0.05) is 11.6 Å². The van der Waals surface area contributed by atoms with Crippen LogP contribution in [0.4, 0.5) is 0 Å². The Kier molecular flexibility index (Phi) is 8.04. The highest BCUT2D eigenvalue weighted by molar-refractivity contribution is 4.71. The van der Waals surface area contributed by atoms with E-state index in [9.17, 15) is 0 Å². The Morgan fingerprint density at radius 3 is 2.31 bits per heavy atom. The minimum atomic E-state index is 0.261. The van der Waals surface area contributed by atoms with Crippen LogP contribution in [-0.4, -0.2) is 36.6 Å². The van der Waals surface area contributed by atoms with E-state index < -0.39 is 0 Å². The summed E-state index contributed by atoms with van der Waals surface area (Å²) in [5.41, 5.74) is 0.261. The molecule has 0 saturated carbocycles. The van der Waals surface area contributed by atoms with E-state index in [-0.39, 0.29) is 5.54 Å². The molecule has 2 nitrogen and oxygen atoms in total. The normalized spacial score (nSPS) is 14.4. The van der Waals surface area contributed by atoms with Gasteiger partial charge in [0.1, 0.15) is 0 Å². The summed E-state index contributed by atoms with van der Waals surface area (Å²) in [5.74, 6) is 0. The maximum absolute atomic E-state index is 3.54. The second-order valence-electron chi connectivity index (χ2n) is 6.00. The molecule has 0 aromatic carbocycles. The second-order valence-corrected chi connectivity index (χ2v) is 6.00. The number of nitrogens with one attached hydrogen (secondary N) is 1.